The number of benzene rings is 2. The van der Waals surface area contributed by atoms with Gasteiger partial charge in [-0.25, -0.2) is 8.42 Å². The number of rotatable bonds is 4. The average Bonchev–Trinajstić information content (AvgIpc) is 2.62. The van der Waals surface area contributed by atoms with E-state index in [1.165, 1.54) is 4.31 Å². The Balaban J connectivity index is 1.81. The number of hydrogen-bond acceptors (Lipinski definition) is 3. The SMILES string of the molecule is CN(Cc1ccccc1Cl)C(=O)c1cccc(N2CCCCS2(=O)=O)c1. The summed E-state index contributed by atoms with van der Waals surface area (Å²) in [5, 5.41) is 0.611. The lowest BCUT2D eigenvalue weighted by Crippen LogP contribution is -2.38. The van der Waals surface area contributed by atoms with E-state index in [0.717, 1.165) is 12.0 Å². The van der Waals surface area contributed by atoms with Gasteiger partial charge in [-0.1, -0.05) is 35.9 Å². The molecular weight excluding hydrogens is 372 g/mol. The molecule has 0 atom stereocenters. The van der Waals surface area contributed by atoms with Crippen LogP contribution in [0.4, 0.5) is 5.69 Å². The highest BCUT2D eigenvalue weighted by atomic mass is 35.5. The minimum atomic E-state index is -3.30. The standard InChI is InChI=1S/C19H21ClN2O3S/c1-21(14-16-7-2-3-10-18(16)20)19(23)15-8-6-9-17(13-15)22-11-4-5-12-26(22,24)25/h2-3,6-10,13H,4-5,11-12,14H2,1H3. The first-order valence-corrected chi connectivity index (χ1v) is 10.5. The van der Waals surface area contributed by atoms with Gasteiger partial charge in [0.05, 0.1) is 11.4 Å². The summed E-state index contributed by atoms with van der Waals surface area (Å²) in [7, 11) is -1.60. The van der Waals surface area contributed by atoms with Crippen LogP contribution >= 0.6 is 11.6 Å². The highest BCUT2D eigenvalue weighted by Gasteiger charge is 2.26. The van der Waals surface area contributed by atoms with Crippen LogP contribution in [-0.2, 0) is 16.6 Å². The van der Waals surface area contributed by atoms with Gasteiger partial charge in [0.1, 0.15) is 0 Å². The van der Waals surface area contributed by atoms with Crippen LogP contribution in [-0.4, -0.2) is 38.6 Å². The maximum absolute atomic E-state index is 12.8. The van der Waals surface area contributed by atoms with E-state index >= 15 is 0 Å². The van der Waals surface area contributed by atoms with Gasteiger partial charge in [0.2, 0.25) is 10.0 Å². The van der Waals surface area contributed by atoms with Crippen LogP contribution in [0.1, 0.15) is 28.8 Å². The normalized spacial score (nSPS) is 16.3. The number of carbonyl (C=O) groups is 1. The molecule has 0 spiro atoms. The maximum Gasteiger partial charge on any atom is 0.253 e. The number of sulfonamides is 1. The molecule has 0 bridgehead atoms. The molecule has 0 unspecified atom stereocenters. The van der Waals surface area contributed by atoms with Gasteiger partial charge >= 0.3 is 0 Å². The molecule has 0 aliphatic carbocycles. The van der Waals surface area contributed by atoms with E-state index in [4.69, 9.17) is 11.6 Å². The molecule has 1 aliphatic heterocycles. The van der Waals surface area contributed by atoms with Crippen LogP contribution in [0, 0.1) is 0 Å². The smallest absolute Gasteiger partial charge is 0.253 e. The van der Waals surface area contributed by atoms with Gasteiger partial charge in [0.15, 0.2) is 0 Å². The zero-order valence-electron chi connectivity index (χ0n) is 14.6. The van der Waals surface area contributed by atoms with Crippen LogP contribution in [0.15, 0.2) is 48.5 Å². The predicted octanol–water partition coefficient (Wildman–Crippen LogP) is 3.54. The van der Waals surface area contributed by atoms with Crippen LogP contribution in [0.25, 0.3) is 0 Å². The number of hydrogen-bond donors (Lipinski definition) is 0. The van der Waals surface area contributed by atoms with Crippen molar-refractivity contribution < 1.29 is 13.2 Å². The summed E-state index contributed by atoms with van der Waals surface area (Å²) in [4.78, 5) is 14.3. The molecule has 1 saturated heterocycles. The van der Waals surface area contributed by atoms with Crippen molar-refractivity contribution in [1.29, 1.82) is 0 Å². The van der Waals surface area contributed by atoms with Gasteiger partial charge in [0.25, 0.3) is 5.91 Å². The molecular formula is C19H21ClN2O3S. The maximum atomic E-state index is 12.8. The molecule has 1 heterocycles. The highest BCUT2D eigenvalue weighted by Crippen LogP contribution is 2.25. The van der Waals surface area contributed by atoms with Crippen LogP contribution in [0.5, 0.6) is 0 Å². The van der Waals surface area contributed by atoms with Crippen LogP contribution < -0.4 is 4.31 Å². The molecule has 2 aromatic carbocycles. The van der Waals surface area contributed by atoms with E-state index in [1.807, 2.05) is 18.2 Å². The third kappa shape index (κ3) is 4.02. The summed E-state index contributed by atoms with van der Waals surface area (Å²) in [5.74, 6) is -0.0291. The lowest BCUT2D eigenvalue weighted by molar-refractivity contribution is 0.0785. The van der Waals surface area contributed by atoms with Crippen molar-refractivity contribution in [3.63, 3.8) is 0 Å². The molecule has 1 fully saturated rings. The van der Waals surface area contributed by atoms with E-state index in [1.54, 1.807) is 42.3 Å². The zero-order chi connectivity index (χ0) is 18.7. The fourth-order valence-electron chi connectivity index (χ4n) is 3.05. The van der Waals surface area contributed by atoms with Gasteiger partial charge in [-0.15, -0.1) is 0 Å². The van der Waals surface area contributed by atoms with E-state index in [2.05, 4.69) is 0 Å². The zero-order valence-corrected chi connectivity index (χ0v) is 16.1. The number of anilines is 1. The van der Waals surface area contributed by atoms with Crippen molar-refractivity contribution >= 4 is 33.2 Å². The number of carbonyl (C=O) groups excluding carboxylic acids is 1. The van der Waals surface area contributed by atoms with E-state index in [9.17, 15) is 13.2 Å². The first-order valence-electron chi connectivity index (χ1n) is 8.48. The first kappa shape index (κ1) is 18.7. The lowest BCUT2D eigenvalue weighted by atomic mass is 10.1. The molecule has 1 amide bonds. The molecule has 3 rings (SSSR count). The van der Waals surface area contributed by atoms with Crippen molar-refractivity contribution in [1.82, 2.24) is 4.90 Å². The second kappa shape index (κ2) is 7.68. The number of amides is 1. The summed E-state index contributed by atoms with van der Waals surface area (Å²) >= 11 is 6.17. The van der Waals surface area contributed by atoms with Gasteiger partial charge in [-0.2, -0.15) is 0 Å². The quantitative estimate of drug-likeness (QED) is 0.799. The second-order valence-corrected chi connectivity index (χ2v) is 8.82. The van der Waals surface area contributed by atoms with Crippen LogP contribution in [0.3, 0.4) is 0 Å². The van der Waals surface area contributed by atoms with Crippen molar-refractivity contribution in [2.75, 3.05) is 23.7 Å². The Morgan fingerprint density at radius 2 is 1.92 bits per heavy atom. The topological polar surface area (TPSA) is 57.7 Å². The van der Waals surface area contributed by atoms with E-state index < -0.39 is 10.0 Å². The van der Waals surface area contributed by atoms with Gasteiger partial charge in [0, 0.05) is 30.7 Å². The largest absolute Gasteiger partial charge is 0.337 e. The molecule has 26 heavy (non-hydrogen) atoms. The van der Waals surface area contributed by atoms with Crippen molar-refractivity contribution in [3.05, 3.63) is 64.7 Å². The summed E-state index contributed by atoms with van der Waals surface area (Å²) in [6.07, 6.45) is 1.50. The highest BCUT2D eigenvalue weighted by molar-refractivity contribution is 7.92. The third-order valence-corrected chi connectivity index (χ3v) is 6.68. The Hall–Kier alpha value is -2.05. The number of halogens is 1. The Morgan fingerprint density at radius 1 is 1.15 bits per heavy atom. The van der Waals surface area contributed by atoms with E-state index in [0.29, 0.717) is 35.8 Å². The van der Waals surface area contributed by atoms with Crippen molar-refractivity contribution in [2.45, 2.75) is 19.4 Å². The molecule has 138 valence electrons. The van der Waals surface area contributed by atoms with Gasteiger partial charge < -0.3 is 4.90 Å². The summed E-state index contributed by atoms with van der Waals surface area (Å²) in [5.41, 5.74) is 1.86. The number of nitrogens with zero attached hydrogens (tertiary/aromatic N) is 2. The molecule has 2 aromatic rings. The van der Waals surface area contributed by atoms with Crippen molar-refractivity contribution in [2.24, 2.45) is 0 Å². The Bertz CT molecular complexity index is 915. The summed E-state index contributed by atoms with van der Waals surface area (Å²) in [6, 6.07) is 14.2. The van der Waals surface area contributed by atoms with Crippen molar-refractivity contribution in [3.8, 4) is 0 Å². The Kier molecular flexibility index (Phi) is 5.53. The Labute approximate surface area is 159 Å². The third-order valence-electron chi connectivity index (χ3n) is 4.44. The molecule has 0 aromatic heterocycles. The minimum absolute atomic E-state index is 0.150. The van der Waals surface area contributed by atoms with Gasteiger partial charge in [-0.3, -0.25) is 9.10 Å². The molecule has 0 radical (unpaired) electrons. The first-order chi connectivity index (χ1) is 12.4. The second-order valence-electron chi connectivity index (χ2n) is 6.40. The van der Waals surface area contributed by atoms with E-state index in [-0.39, 0.29) is 11.7 Å². The molecule has 5 nitrogen and oxygen atoms in total. The minimum Gasteiger partial charge on any atom is -0.337 e. The van der Waals surface area contributed by atoms with Crippen LogP contribution in [0.2, 0.25) is 5.02 Å². The summed E-state index contributed by atoms with van der Waals surface area (Å²) < 4.78 is 26.0. The Morgan fingerprint density at radius 3 is 2.65 bits per heavy atom. The average molecular weight is 393 g/mol. The predicted molar refractivity (Wildman–Crippen MR) is 104 cm³/mol. The monoisotopic (exact) mass is 392 g/mol. The molecule has 0 N–H and O–H groups in total. The fourth-order valence-corrected chi connectivity index (χ4v) is 4.87. The lowest BCUT2D eigenvalue weighted by Gasteiger charge is -2.28. The van der Waals surface area contributed by atoms with Gasteiger partial charge in [-0.05, 0) is 42.7 Å². The fraction of sp³-hybridized carbons (Fsp3) is 0.316. The molecule has 0 saturated carbocycles. The molecule has 1 aliphatic rings. The summed E-state index contributed by atoms with van der Waals surface area (Å²) in [6.45, 7) is 0.834. The molecule has 7 heteroatoms.